The highest BCUT2D eigenvalue weighted by atomic mass is 16.3. The number of aromatic nitrogens is 4. The summed E-state index contributed by atoms with van der Waals surface area (Å²) in [5.74, 6) is 1.84. The maximum Gasteiger partial charge on any atom is 0.164 e. The first-order valence-electron chi connectivity index (χ1n) is 23.2. The van der Waals surface area contributed by atoms with E-state index in [1.807, 2.05) is 84.9 Å². The fourth-order valence-electron chi connectivity index (χ4n) is 10.3. The lowest BCUT2D eigenvalue weighted by atomic mass is 9.96. The summed E-state index contributed by atoms with van der Waals surface area (Å²) >= 11 is 0. The number of benzene rings is 10. The zero-order valence-electron chi connectivity index (χ0n) is 37.0. The van der Waals surface area contributed by atoms with Gasteiger partial charge in [0.25, 0.3) is 0 Å². The topological polar surface area (TPSA) is 69.9 Å². The molecule has 0 aliphatic carbocycles. The minimum Gasteiger partial charge on any atom is -0.455 e. The molecule has 0 fully saturated rings. The molecule has 14 rings (SSSR count). The van der Waals surface area contributed by atoms with Crippen molar-refractivity contribution in [3.63, 3.8) is 0 Å². The quantitative estimate of drug-likeness (QED) is 0.159. The Morgan fingerprint density at radius 3 is 1.36 bits per heavy atom. The molecule has 0 spiro atoms. The second-order valence-corrected chi connectivity index (χ2v) is 17.5. The summed E-state index contributed by atoms with van der Waals surface area (Å²) in [6.45, 7) is 0. The van der Waals surface area contributed by atoms with Gasteiger partial charge in [0.15, 0.2) is 17.5 Å². The molecule has 0 radical (unpaired) electrons. The lowest BCUT2D eigenvalue weighted by Crippen LogP contribution is -2.01. The second-order valence-electron chi connectivity index (χ2n) is 17.5. The van der Waals surface area contributed by atoms with Gasteiger partial charge in [-0.1, -0.05) is 188 Å². The van der Waals surface area contributed by atoms with Gasteiger partial charge in [-0.15, -0.1) is 0 Å². The number of fused-ring (bicyclic) bond motifs is 9. The van der Waals surface area contributed by atoms with Crippen LogP contribution in [0.4, 0.5) is 0 Å². The summed E-state index contributed by atoms with van der Waals surface area (Å²) in [7, 11) is 0. The van der Waals surface area contributed by atoms with Gasteiger partial charge in [-0.3, -0.25) is 0 Å². The molecule has 0 aliphatic heterocycles. The Morgan fingerprint density at radius 2 is 0.739 bits per heavy atom. The van der Waals surface area contributed by atoms with E-state index in [-0.39, 0.29) is 0 Å². The van der Waals surface area contributed by atoms with Crippen LogP contribution in [0.2, 0.25) is 0 Å². The van der Waals surface area contributed by atoms with E-state index in [1.165, 1.54) is 0 Å². The van der Waals surface area contributed by atoms with Crippen LogP contribution in [0.15, 0.2) is 239 Å². The van der Waals surface area contributed by atoms with Crippen molar-refractivity contribution in [3.05, 3.63) is 231 Å². The smallest absolute Gasteiger partial charge is 0.164 e. The molecule has 0 saturated carbocycles. The lowest BCUT2D eigenvalue weighted by molar-refractivity contribution is 0.669. The number of hydrogen-bond donors (Lipinski definition) is 0. The van der Waals surface area contributed by atoms with Crippen molar-refractivity contribution in [2.75, 3.05) is 0 Å². The molecule has 4 heterocycles. The number of furan rings is 2. The standard InChI is InChI=1S/C63H38N4O2/c1-3-16-39(17-4-1)61-64-62(40-18-5-2-6-19-40)66-63(65-61)44-22-12-23-45(37-44)67-55-35-34-43(48-28-15-31-53-50-25-8-10-33-57(50)69-60(48)53)38-54(55)51-29-13-26-46(58(51)67)41-20-11-21-42(36-41)47-27-14-30-52-49-24-7-9-32-56(49)68-59(47)52/h1-38H. The summed E-state index contributed by atoms with van der Waals surface area (Å²) in [6, 6.07) is 80.5. The van der Waals surface area contributed by atoms with Gasteiger partial charge in [-0.25, -0.2) is 15.0 Å². The molecule has 0 N–H and O–H groups in total. The molecule has 10 aromatic carbocycles. The summed E-state index contributed by atoms with van der Waals surface area (Å²) < 4.78 is 15.5. The summed E-state index contributed by atoms with van der Waals surface area (Å²) in [6.07, 6.45) is 0. The molecule has 0 amide bonds. The third-order valence-electron chi connectivity index (χ3n) is 13.5. The van der Waals surface area contributed by atoms with Crippen LogP contribution in [0.25, 0.3) is 139 Å². The Labute approximate surface area is 396 Å². The van der Waals surface area contributed by atoms with Gasteiger partial charge in [0, 0.05) is 71.4 Å². The molecule has 14 aromatic rings. The van der Waals surface area contributed by atoms with Crippen molar-refractivity contribution in [1.29, 1.82) is 0 Å². The first-order valence-corrected chi connectivity index (χ1v) is 23.2. The highest BCUT2D eigenvalue weighted by molar-refractivity contribution is 6.16. The molecule has 6 heteroatoms. The third-order valence-corrected chi connectivity index (χ3v) is 13.5. The molecule has 0 saturated heterocycles. The van der Waals surface area contributed by atoms with Crippen molar-refractivity contribution in [1.82, 2.24) is 19.5 Å². The second kappa shape index (κ2) is 15.6. The molecule has 4 aromatic heterocycles. The van der Waals surface area contributed by atoms with Crippen LogP contribution in [0, 0.1) is 0 Å². The van der Waals surface area contributed by atoms with Crippen LogP contribution in [0.1, 0.15) is 0 Å². The number of para-hydroxylation sites is 5. The summed E-state index contributed by atoms with van der Waals surface area (Å²) in [5.41, 5.74) is 15.9. The Hall–Kier alpha value is -9.39. The monoisotopic (exact) mass is 882 g/mol. The van der Waals surface area contributed by atoms with E-state index in [9.17, 15) is 0 Å². The summed E-state index contributed by atoms with van der Waals surface area (Å²) in [5, 5.41) is 6.70. The van der Waals surface area contributed by atoms with E-state index < -0.39 is 0 Å². The number of nitrogens with zero attached hydrogens (tertiary/aromatic N) is 4. The molecule has 0 unspecified atom stereocenters. The summed E-state index contributed by atoms with van der Waals surface area (Å²) in [4.78, 5) is 15.2. The molecule has 0 bridgehead atoms. The van der Waals surface area contributed by atoms with E-state index in [0.29, 0.717) is 17.5 Å². The first-order chi connectivity index (χ1) is 34.2. The highest BCUT2D eigenvalue weighted by Crippen LogP contribution is 2.44. The normalized spacial score (nSPS) is 11.8. The zero-order valence-corrected chi connectivity index (χ0v) is 37.0. The Balaban J connectivity index is 0.993. The molecular formula is C63H38N4O2. The molecule has 0 aliphatic rings. The predicted molar refractivity (Wildman–Crippen MR) is 281 cm³/mol. The first kappa shape index (κ1) is 38.8. The van der Waals surface area contributed by atoms with Crippen molar-refractivity contribution < 1.29 is 8.83 Å². The third kappa shape index (κ3) is 6.38. The number of hydrogen-bond acceptors (Lipinski definition) is 5. The fourth-order valence-corrected chi connectivity index (χ4v) is 10.3. The lowest BCUT2D eigenvalue weighted by Gasteiger charge is -2.14. The Morgan fingerprint density at radius 1 is 0.290 bits per heavy atom. The highest BCUT2D eigenvalue weighted by Gasteiger charge is 2.21. The minimum atomic E-state index is 0.597. The average Bonchev–Trinajstić information content (AvgIpc) is 4.11. The van der Waals surface area contributed by atoms with E-state index >= 15 is 0 Å². The maximum absolute atomic E-state index is 6.58. The van der Waals surface area contributed by atoms with Crippen LogP contribution in [-0.2, 0) is 0 Å². The van der Waals surface area contributed by atoms with Crippen LogP contribution < -0.4 is 0 Å². The van der Waals surface area contributed by atoms with Crippen molar-refractivity contribution in [2.24, 2.45) is 0 Å². The Bertz CT molecular complexity index is 4260. The van der Waals surface area contributed by atoms with Crippen LogP contribution in [0.3, 0.4) is 0 Å². The van der Waals surface area contributed by atoms with Crippen molar-refractivity contribution >= 4 is 65.7 Å². The van der Waals surface area contributed by atoms with Gasteiger partial charge >= 0.3 is 0 Å². The van der Waals surface area contributed by atoms with Gasteiger partial charge in [-0.05, 0) is 59.2 Å². The molecule has 6 nitrogen and oxygen atoms in total. The van der Waals surface area contributed by atoms with Crippen molar-refractivity contribution in [3.8, 4) is 73.2 Å². The SMILES string of the molecule is c1ccc(-c2nc(-c3ccccc3)nc(-c3cccc(-n4c5ccc(-c6cccc7c6oc6ccccc67)cc5c5cccc(-c6cccc(-c7cccc8c7oc7ccccc78)c6)c54)c3)n2)cc1. The van der Waals surface area contributed by atoms with Crippen LogP contribution in [-0.4, -0.2) is 19.5 Å². The predicted octanol–water partition coefficient (Wildman–Crippen LogP) is 16.8. The molecular weight excluding hydrogens is 845 g/mol. The number of rotatable bonds is 7. The van der Waals surface area contributed by atoms with Gasteiger partial charge in [0.05, 0.1) is 11.0 Å². The van der Waals surface area contributed by atoms with Gasteiger partial charge in [-0.2, -0.15) is 0 Å². The zero-order chi connectivity index (χ0) is 45.4. The fraction of sp³-hybridized carbons (Fsp3) is 0. The van der Waals surface area contributed by atoms with Gasteiger partial charge in [0.2, 0.25) is 0 Å². The van der Waals surface area contributed by atoms with Crippen LogP contribution in [0.5, 0.6) is 0 Å². The van der Waals surface area contributed by atoms with Gasteiger partial charge in [0.1, 0.15) is 22.3 Å². The minimum absolute atomic E-state index is 0.597. The molecule has 322 valence electrons. The van der Waals surface area contributed by atoms with E-state index in [1.54, 1.807) is 0 Å². The average molecular weight is 883 g/mol. The van der Waals surface area contributed by atoms with Crippen molar-refractivity contribution in [2.45, 2.75) is 0 Å². The van der Waals surface area contributed by atoms with Gasteiger partial charge < -0.3 is 13.4 Å². The van der Waals surface area contributed by atoms with E-state index in [0.717, 1.165) is 121 Å². The van der Waals surface area contributed by atoms with E-state index in [2.05, 4.69) is 150 Å². The maximum atomic E-state index is 6.58. The molecule has 69 heavy (non-hydrogen) atoms. The largest absolute Gasteiger partial charge is 0.455 e. The van der Waals surface area contributed by atoms with E-state index in [4.69, 9.17) is 23.8 Å². The molecule has 0 atom stereocenters. The van der Waals surface area contributed by atoms with Crippen LogP contribution >= 0.6 is 0 Å². The Kier molecular flexibility index (Phi) is 8.79.